The Kier molecular flexibility index (Phi) is 4.60. The molecule has 1 aliphatic rings. The molecule has 2 aromatic rings. The zero-order valence-electron chi connectivity index (χ0n) is 14.8. The summed E-state index contributed by atoms with van der Waals surface area (Å²) < 4.78 is 7.73. The van der Waals surface area contributed by atoms with Crippen LogP contribution in [-0.4, -0.2) is 22.3 Å². The molecular formula is C19H25N3O2. The first-order valence-corrected chi connectivity index (χ1v) is 8.50. The van der Waals surface area contributed by atoms with Crippen molar-refractivity contribution in [2.45, 2.75) is 46.7 Å². The molecule has 0 spiro atoms. The molecule has 1 aliphatic heterocycles. The minimum atomic E-state index is -0.138. The van der Waals surface area contributed by atoms with Gasteiger partial charge in [0.2, 0.25) is 5.91 Å². The van der Waals surface area contributed by atoms with E-state index >= 15 is 0 Å². The lowest BCUT2D eigenvalue weighted by molar-refractivity contribution is -0.126. The number of carbonyl (C=O) groups is 1. The molecule has 24 heavy (non-hydrogen) atoms. The van der Waals surface area contributed by atoms with E-state index in [4.69, 9.17) is 4.74 Å². The molecule has 3 rings (SSSR count). The van der Waals surface area contributed by atoms with Gasteiger partial charge in [0.25, 0.3) is 0 Å². The van der Waals surface area contributed by atoms with E-state index in [9.17, 15) is 4.79 Å². The summed E-state index contributed by atoms with van der Waals surface area (Å²) in [5.74, 6) is 0.799. The maximum atomic E-state index is 12.5. The van der Waals surface area contributed by atoms with Crippen LogP contribution in [0.25, 0.3) is 0 Å². The lowest BCUT2D eigenvalue weighted by Gasteiger charge is -2.24. The highest BCUT2D eigenvalue weighted by molar-refractivity contribution is 5.79. The van der Waals surface area contributed by atoms with Crippen molar-refractivity contribution in [1.29, 1.82) is 0 Å². The van der Waals surface area contributed by atoms with E-state index in [1.54, 1.807) is 0 Å². The van der Waals surface area contributed by atoms with Crippen molar-refractivity contribution in [2.75, 3.05) is 6.61 Å². The van der Waals surface area contributed by atoms with Gasteiger partial charge in [-0.2, -0.15) is 5.10 Å². The van der Waals surface area contributed by atoms with Crippen molar-refractivity contribution in [2.24, 2.45) is 5.92 Å². The molecule has 1 aromatic carbocycles. The number of carbonyl (C=O) groups excluding carboxylic acids is 1. The molecular weight excluding hydrogens is 302 g/mol. The first kappa shape index (κ1) is 16.6. The fourth-order valence-corrected chi connectivity index (χ4v) is 3.27. The van der Waals surface area contributed by atoms with E-state index in [0.717, 1.165) is 34.7 Å². The molecule has 1 aromatic heterocycles. The number of fused-ring (bicyclic) bond motifs is 1. The van der Waals surface area contributed by atoms with Crippen LogP contribution in [0.15, 0.2) is 24.3 Å². The Morgan fingerprint density at radius 1 is 1.38 bits per heavy atom. The minimum absolute atomic E-state index is 0.0422. The van der Waals surface area contributed by atoms with Gasteiger partial charge in [-0.1, -0.05) is 18.2 Å². The Bertz CT molecular complexity index is 749. The van der Waals surface area contributed by atoms with Gasteiger partial charge in [-0.25, -0.2) is 0 Å². The third-order valence-corrected chi connectivity index (χ3v) is 4.65. The van der Waals surface area contributed by atoms with Crippen molar-refractivity contribution in [3.63, 3.8) is 0 Å². The first-order valence-electron chi connectivity index (χ1n) is 8.50. The summed E-state index contributed by atoms with van der Waals surface area (Å²) in [5, 5.41) is 7.63. The van der Waals surface area contributed by atoms with Crippen molar-refractivity contribution in [3.05, 3.63) is 46.8 Å². The zero-order valence-corrected chi connectivity index (χ0v) is 14.8. The summed E-state index contributed by atoms with van der Waals surface area (Å²) in [6.45, 7) is 9.22. The fraction of sp³-hybridized carbons (Fsp3) is 0.474. The SMILES string of the molecule is Cc1nn(C(C)C)c(C)c1CNC(=O)[C@H]1COc2ccccc2C1. The number of hydrogen-bond donors (Lipinski definition) is 1. The van der Waals surface area contributed by atoms with E-state index in [2.05, 4.69) is 31.2 Å². The number of para-hydroxylation sites is 1. The number of amides is 1. The van der Waals surface area contributed by atoms with Gasteiger partial charge >= 0.3 is 0 Å². The second-order valence-corrected chi connectivity index (χ2v) is 6.73. The quantitative estimate of drug-likeness (QED) is 0.939. The smallest absolute Gasteiger partial charge is 0.227 e. The maximum Gasteiger partial charge on any atom is 0.227 e. The molecule has 1 N–H and O–H groups in total. The Balaban J connectivity index is 1.65. The molecule has 5 nitrogen and oxygen atoms in total. The number of rotatable bonds is 4. The van der Waals surface area contributed by atoms with Crippen LogP contribution in [0.4, 0.5) is 0 Å². The van der Waals surface area contributed by atoms with Crippen molar-refractivity contribution < 1.29 is 9.53 Å². The van der Waals surface area contributed by atoms with Gasteiger partial charge < -0.3 is 10.1 Å². The predicted octanol–water partition coefficient (Wildman–Crippen LogP) is 2.95. The molecule has 0 radical (unpaired) electrons. The molecule has 5 heteroatoms. The van der Waals surface area contributed by atoms with Crippen LogP contribution >= 0.6 is 0 Å². The van der Waals surface area contributed by atoms with Gasteiger partial charge in [0.15, 0.2) is 0 Å². The van der Waals surface area contributed by atoms with Crippen LogP contribution in [0.2, 0.25) is 0 Å². The second kappa shape index (κ2) is 6.67. The fourth-order valence-electron chi connectivity index (χ4n) is 3.27. The first-order chi connectivity index (χ1) is 11.5. The number of aryl methyl sites for hydroxylation is 1. The Hall–Kier alpha value is -2.30. The highest BCUT2D eigenvalue weighted by Gasteiger charge is 2.26. The topological polar surface area (TPSA) is 56.2 Å². The number of aromatic nitrogens is 2. The molecule has 0 unspecified atom stereocenters. The summed E-state index contributed by atoms with van der Waals surface area (Å²) in [6, 6.07) is 8.23. The van der Waals surface area contributed by atoms with E-state index in [1.165, 1.54) is 0 Å². The van der Waals surface area contributed by atoms with Gasteiger partial charge in [-0.3, -0.25) is 9.48 Å². The lowest BCUT2D eigenvalue weighted by Crippen LogP contribution is -2.37. The molecule has 1 atom stereocenters. The van der Waals surface area contributed by atoms with Crippen molar-refractivity contribution >= 4 is 5.91 Å². The Morgan fingerprint density at radius 2 is 2.12 bits per heavy atom. The minimum Gasteiger partial charge on any atom is -0.492 e. The van der Waals surface area contributed by atoms with Crippen molar-refractivity contribution in [3.8, 4) is 5.75 Å². The monoisotopic (exact) mass is 327 g/mol. The van der Waals surface area contributed by atoms with Crippen LogP contribution in [-0.2, 0) is 17.8 Å². The number of hydrogen-bond acceptors (Lipinski definition) is 3. The summed E-state index contributed by atoms with van der Waals surface area (Å²) in [6.07, 6.45) is 0.727. The average molecular weight is 327 g/mol. The zero-order chi connectivity index (χ0) is 17.3. The largest absolute Gasteiger partial charge is 0.492 e. The van der Waals surface area contributed by atoms with Crippen LogP contribution < -0.4 is 10.1 Å². The summed E-state index contributed by atoms with van der Waals surface area (Å²) in [7, 11) is 0. The van der Waals surface area contributed by atoms with Crippen LogP contribution in [0.5, 0.6) is 5.75 Å². The number of nitrogens with zero attached hydrogens (tertiary/aromatic N) is 2. The lowest BCUT2D eigenvalue weighted by atomic mass is 9.96. The van der Waals surface area contributed by atoms with Gasteiger partial charge in [0.05, 0.1) is 11.6 Å². The third kappa shape index (κ3) is 3.16. The van der Waals surface area contributed by atoms with E-state index in [1.807, 2.05) is 35.9 Å². The molecule has 0 bridgehead atoms. The van der Waals surface area contributed by atoms with Crippen LogP contribution in [0.1, 0.15) is 42.4 Å². The predicted molar refractivity (Wildman–Crippen MR) is 93.1 cm³/mol. The molecule has 0 saturated carbocycles. The number of ether oxygens (including phenoxy) is 1. The van der Waals surface area contributed by atoms with E-state index < -0.39 is 0 Å². The van der Waals surface area contributed by atoms with E-state index in [0.29, 0.717) is 19.2 Å². The number of nitrogens with one attached hydrogen (secondary N) is 1. The molecule has 0 fully saturated rings. The Morgan fingerprint density at radius 3 is 2.83 bits per heavy atom. The third-order valence-electron chi connectivity index (χ3n) is 4.65. The Labute approximate surface area is 143 Å². The van der Waals surface area contributed by atoms with Crippen LogP contribution in [0, 0.1) is 19.8 Å². The molecule has 128 valence electrons. The number of benzene rings is 1. The normalized spacial score (nSPS) is 16.6. The van der Waals surface area contributed by atoms with Crippen molar-refractivity contribution in [1.82, 2.24) is 15.1 Å². The van der Waals surface area contributed by atoms with Gasteiger partial charge in [-0.05, 0) is 45.7 Å². The maximum absolute atomic E-state index is 12.5. The second-order valence-electron chi connectivity index (χ2n) is 6.73. The molecule has 1 amide bonds. The van der Waals surface area contributed by atoms with Gasteiger partial charge in [0, 0.05) is 23.8 Å². The molecule has 0 aliphatic carbocycles. The van der Waals surface area contributed by atoms with E-state index in [-0.39, 0.29) is 11.8 Å². The summed E-state index contributed by atoms with van der Waals surface area (Å²) in [5.41, 5.74) is 4.30. The molecule has 2 heterocycles. The highest BCUT2D eigenvalue weighted by Crippen LogP contribution is 2.27. The summed E-state index contributed by atoms with van der Waals surface area (Å²) in [4.78, 5) is 12.5. The summed E-state index contributed by atoms with van der Waals surface area (Å²) >= 11 is 0. The van der Waals surface area contributed by atoms with Gasteiger partial charge in [0.1, 0.15) is 12.4 Å². The van der Waals surface area contributed by atoms with Gasteiger partial charge in [-0.15, -0.1) is 0 Å². The molecule has 0 saturated heterocycles. The highest BCUT2D eigenvalue weighted by atomic mass is 16.5. The standard InChI is InChI=1S/C19H25N3O2/c1-12(2)22-14(4)17(13(3)21-22)10-20-19(23)16-9-15-7-5-6-8-18(15)24-11-16/h5-8,12,16H,9-11H2,1-4H3,(H,20,23)/t16-/m1/s1. The average Bonchev–Trinajstić information content (AvgIpc) is 2.86. The van der Waals surface area contributed by atoms with Crippen LogP contribution in [0.3, 0.4) is 0 Å².